The van der Waals surface area contributed by atoms with Gasteiger partial charge in [0.1, 0.15) is 6.29 Å². The quantitative estimate of drug-likeness (QED) is 0.691. The summed E-state index contributed by atoms with van der Waals surface area (Å²) in [6.07, 6.45) is 0.570. The Hall–Kier alpha value is -2.04. The average molecular weight is 196 g/mol. The predicted octanol–water partition coefficient (Wildman–Crippen LogP) is 0.668. The molecule has 0 aliphatic carbocycles. The van der Waals surface area contributed by atoms with E-state index >= 15 is 0 Å². The number of rotatable bonds is 4. The standard InChI is InChI=1S/C9H8O5/c10-4-6-1-2-8(7(11)3-6)14-5-9(12)13/h1-4,11H,5H2,(H,12,13). The van der Waals surface area contributed by atoms with Gasteiger partial charge in [0.05, 0.1) is 0 Å². The fourth-order valence-corrected chi connectivity index (χ4v) is 0.869. The van der Waals surface area contributed by atoms with Crippen LogP contribution in [-0.2, 0) is 4.79 Å². The smallest absolute Gasteiger partial charge is 0.341 e. The Morgan fingerprint density at radius 2 is 2.21 bits per heavy atom. The van der Waals surface area contributed by atoms with Crippen molar-refractivity contribution < 1.29 is 24.5 Å². The molecule has 5 heteroatoms. The summed E-state index contributed by atoms with van der Waals surface area (Å²) in [6, 6.07) is 3.95. The van der Waals surface area contributed by atoms with E-state index in [2.05, 4.69) is 0 Å². The summed E-state index contributed by atoms with van der Waals surface area (Å²) < 4.78 is 4.73. The molecular weight excluding hydrogens is 188 g/mol. The van der Waals surface area contributed by atoms with Crippen molar-refractivity contribution in [1.82, 2.24) is 0 Å². The van der Waals surface area contributed by atoms with E-state index < -0.39 is 12.6 Å². The molecule has 0 saturated heterocycles. The van der Waals surface area contributed by atoms with Crippen molar-refractivity contribution in [2.24, 2.45) is 0 Å². The zero-order chi connectivity index (χ0) is 10.6. The topological polar surface area (TPSA) is 83.8 Å². The van der Waals surface area contributed by atoms with Gasteiger partial charge < -0.3 is 14.9 Å². The van der Waals surface area contributed by atoms with Crippen molar-refractivity contribution in [3.63, 3.8) is 0 Å². The van der Waals surface area contributed by atoms with Crippen LogP contribution in [0.1, 0.15) is 10.4 Å². The van der Waals surface area contributed by atoms with Crippen molar-refractivity contribution in [2.75, 3.05) is 6.61 Å². The third-order valence-corrected chi connectivity index (χ3v) is 1.47. The number of phenolic OH excluding ortho intramolecular Hbond substituents is 1. The van der Waals surface area contributed by atoms with Crippen LogP contribution in [0.2, 0.25) is 0 Å². The van der Waals surface area contributed by atoms with Gasteiger partial charge in [0.2, 0.25) is 0 Å². The van der Waals surface area contributed by atoms with E-state index in [-0.39, 0.29) is 11.5 Å². The Kier molecular flexibility index (Phi) is 3.06. The van der Waals surface area contributed by atoms with E-state index in [1.165, 1.54) is 18.2 Å². The van der Waals surface area contributed by atoms with E-state index in [0.29, 0.717) is 11.8 Å². The molecule has 0 amide bonds. The van der Waals surface area contributed by atoms with E-state index in [4.69, 9.17) is 9.84 Å². The van der Waals surface area contributed by atoms with Crippen LogP contribution in [0.3, 0.4) is 0 Å². The molecule has 0 fully saturated rings. The van der Waals surface area contributed by atoms with Gasteiger partial charge in [-0.2, -0.15) is 0 Å². The lowest BCUT2D eigenvalue weighted by Crippen LogP contribution is -2.09. The molecule has 0 aliphatic heterocycles. The van der Waals surface area contributed by atoms with Crippen LogP contribution in [0, 0.1) is 0 Å². The molecular formula is C9H8O5. The highest BCUT2D eigenvalue weighted by Crippen LogP contribution is 2.25. The predicted molar refractivity (Wildman–Crippen MR) is 46.6 cm³/mol. The van der Waals surface area contributed by atoms with Gasteiger partial charge in [-0.1, -0.05) is 0 Å². The van der Waals surface area contributed by atoms with Gasteiger partial charge in [0.25, 0.3) is 0 Å². The highest BCUT2D eigenvalue weighted by atomic mass is 16.5. The van der Waals surface area contributed by atoms with Crippen LogP contribution in [0.15, 0.2) is 18.2 Å². The number of aliphatic carboxylic acids is 1. The summed E-state index contributed by atoms with van der Waals surface area (Å²) in [6.45, 7) is -0.534. The number of aldehydes is 1. The number of ether oxygens (including phenoxy) is 1. The normalized spacial score (nSPS) is 9.43. The summed E-state index contributed by atoms with van der Waals surface area (Å²) >= 11 is 0. The van der Waals surface area contributed by atoms with Gasteiger partial charge in [0.15, 0.2) is 18.1 Å². The van der Waals surface area contributed by atoms with Gasteiger partial charge >= 0.3 is 5.97 Å². The highest BCUT2D eigenvalue weighted by Gasteiger charge is 2.05. The Morgan fingerprint density at radius 3 is 2.71 bits per heavy atom. The lowest BCUT2D eigenvalue weighted by molar-refractivity contribution is -0.139. The van der Waals surface area contributed by atoms with Gasteiger partial charge in [-0.25, -0.2) is 4.79 Å². The molecule has 0 spiro atoms. The first-order chi connectivity index (χ1) is 6.63. The molecule has 0 heterocycles. The number of hydrogen-bond donors (Lipinski definition) is 2. The fraction of sp³-hybridized carbons (Fsp3) is 0.111. The maximum atomic E-state index is 10.3. The molecule has 0 bridgehead atoms. The number of benzene rings is 1. The zero-order valence-corrected chi connectivity index (χ0v) is 7.14. The van der Waals surface area contributed by atoms with Gasteiger partial charge in [-0.15, -0.1) is 0 Å². The second kappa shape index (κ2) is 4.27. The Morgan fingerprint density at radius 1 is 1.50 bits per heavy atom. The van der Waals surface area contributed by atoms with Crippen LogP contribution in [0.4, 0.5) is 0 Å². The van der Waals surface area contributed by atoms with E-state index in [1.807, 2.05) is 0 Å². The van der Waals surface area contributed by atoms with Crippen molar-refractivity contribution in [3.8, 4) is 11.5 Å². The third-order valence-electron chi connectivity index (χ3n) is 1.47. The molecule has 0 radical (unpaired) electrons. The SMILES string of the molecule is O=Cc1ccc(OCC(=O)O)c(O)c1. The molecule has 0 atom stereocenters. The van der Waals surface area contributed by atoms with E-state index in [0.717, 1.165) is 0 Å². The van der Waals surface area contributed by atoms with Crippen molar-refractivity contribution in [2.45, 2.75) is 0 Å². The molecule has 74 valence electrons. The summed E-state index contributed by atoms with van der Waals surface area (Å²) in [5.41, 5.74) is 0.296. The number of carboxylic acids is 1. The van der Waals surface area contributed by atoms with Crippen molar-refractivity contribution in [3.05, 3.63) is 23.8 Å². The largest absolute Gasteiger partial charge is 0.504 e. The minimum Gasteiger partial charge on any atom is -0.504 e. The molecule has 2 N–H and O–H groups in total. The number of carbonyl (C=O) groups excluding carboxylic acids is 1. The molecule has 0 saturated carbocycles. The number of carbonyl (C=O) groups is 2. The average Bonchev–Trinajstić information content (AvgIpc) is 2.15. The second-order valence-electron chi connectivity index (χ2n) is 2.53. The first-order valence-corrected chi connectivity index (χ1v) is 3.76. The first-order valence-electron chi connectivity index (χ1n) is 3.76. The first kappa shape index (κ1) is 10.0. The lowest BCUT2D eigenvalue weighted by Gasteiger charge is -2.05. The maximum absolute atomic E-state index is 10.3. The molecule has 0 aromatic heterocycles. The molecule has 5 nitrogen and oxygen atoms in total. The Bertz CT molecular complexity index is 358. The summed E-state index contributed by atoms with van der Waals surface area (Å²) in [5.74, 6) is -1.35. The number of carboxylic acid groups (broad SMARTS) is 1. The maximum Gasteiger partial charge on any atom is 0.341 e. The molecule has 0 aliphatic rings. The number of hydrogen-bond acceptors (Lipinski definition) is 4. The van der Waals surface area contributed by atoms with Crippen molar-refractivity contribution in [1.29, 1.82) is 0 Å². The van der Waals surface area contributed by atoms with E-state index in [9.17, 15) is 14.7 Å². The van der Waals surface area contributed by atoms with Crippen LogP contribution < -0.4 is 4.74 Å². The van der Waals surface area contributed by atoms with Crippen LogP contribution >= 0.6 is 0 Å². The van der Waals surface area contributed by atoms with Crippen LogP contribution in [0.5, 0.6) is 11.5 Å². The molecule has 1 rings (SSSR count). The third kappa shape index (κ3) is 2.48. The van der Waals surface area contributed by atoms with Gasteiger partial charge in [0, 0.05) is 5.56 Å². The van der Waals surface area contributed by atoms with E-state index in [1.54, 1.807) is 0 Å². The van der Waals surface area contributed by atoms with Gasteiger partial charge in [-0.05, 0) is 18.2 Å². The highest BCUT2D eigenvalue weighted by molar-refractivity contribution is 5.76. The Balaban J connectivity index is 2.78. The van der Waals surface area contributed by atoms with Crippen LogP contribution in [0.25, 0.3) is 0 Å². The second-order valence-corrected chi connectivity index (χ2v) is 2.53. The summed E-state index contributed by atoms with van der Waals surface area (Å²) in [7, 11) is 0. The fourth-order valence-electron chi connectivity index (χ4n) is 0.869. The summed E-state index contributed by atoms with van der Waals surface area (Å²) in [4.78, 5) is 20.4. The summed E-state index contributed by atoms with van der Waals surface area (Å²) in [5, 5.41) is 17.6. The minimum atomic E-state index is -1.14. The molecule has 1 aromatic carbocycles. The monoisotopic (exact) mass is 196 g/mol. The molecule has 14 heavy (non-hydrogen) atoms. The number of aromatic hydroxyl groups is 1. The Labute approximate surface area is 79.6 Å². The lowest BCUT2D eigenvalue weighted by atomic mass is 10.2. The van der Waals surface area contributed by atoms with Gasteiger partial charge in [-0.3, -0.25) is 4.79 Å². The van der Waals surface area contributed by atoms with Crippen molar-refractivity contribution >= 4 is 12.3 Å². The zero-order valence-electron chi connectivity index (χ0n) is 7.14. The molecule has 0 unspecified atom stereocenters. The molecule has 1 aromatic rings. The minimum absolute atomic E-state index is 0.0398. The van der Waals surface area contributed by atoms with Crippen LogP contribution in [-0.4, -0.2) is 29.1 Å². The number of phenols is 1.